The highest BCUT2D eigenvalue weighted by atomic mass is 16.4. The first kappa shape index (κ1) is 17.0. The minimum atomic E-state index is -1.18. The minimum absolute atomic E-state index is 0.297. The Morgan fingerprint density at radius 1 is 1.43 bits per heavy atom. The maximum absolute atomic E-state index is 9.86. The van der Waals surface area contributed by atoms with Gasteiger partial charge in [0.05, 0.1) is 6.10 Å². The van der Waals surface area contributed by atoms with Crippen LogP contribution in [0.15, 0.2) is 24.4 Å². The van der Waals surface area contributed by atoms with E-state index in [1.807, 2.05) is 12.3 Å². The van der Waals surface area contributed by atoms with Crippen molar-refractivity contribution >= 4 is 16.9 Å². The Hall–Kier alpha value is -2.09. The van der Waals surface area contributed by atoms with Gasteiger partial charge < -0.3 is 31.8 Å². The number of hydrogen-bond acceptors (Lipinski definition) is 5. The van der Waals surface area contributed by atoms with Gasteiger partial charge in [0.1, 0.15) is 11.8 Å². The van der Waals surface area contributed by atoms with Gasteiger partial charge in [-0.2, -0.15) is 0 Å². The van der Waals surface area contributed by atoms with Crippen molar-refractivity contribution in [3.8, 4) is 5.75 Å². The molecule has 7 nitrogen and oxygen atoms in total. The summed E-state index contributed by atoms with van der Waals surface area (Å²) in [5, 5.41) is 26.9. The quantitative estimate of drug-likeness (QED) is 0.473. The van der Waals surface area contributed by atoms with Gasteiger partial charge in [-0.1, -0.05) is 0 Å². The number of aliphatic hydroxyl groups is 1. The summed E-state index contributed by atoms with van der Waals surface area (Å²) >= 11 is 0. The molecule has 1 heterocycles. The number of carboxylic acid groups (broad SMARTS) is 1. The number of carbonyl (C=O) groups is 1. The third-order valence-corrected chi connectivity index (χ3v) is 2.97. The molecule has 0 aliphatic carbocycles. The number of hydrogen-bond donors (Lipinski definition) is 6. The number of phenols is 1. The molecule has 8 N–H and O–H groups in total. The maximum atomic E-state index is 9.86. The summed E-state index contributed by atoms with van der Waals surface area (Å²) in [6.07, 6.45) is 1.80. The standard InChI is InChI=1S/C10H12N2O.C4H9NO3/c11-4-3-7-6-12-10-2-1-8(13)5-9(7)10;1-2(6)3(5)4(7)8/h1-2,5-6,12-13H,3-4,11H2;2-3,6H,5H2,1H3,(H,7,8). The Morgan fingerprint density at radius 3 is 2.57 bits per heavy atom. The summed E-state index contributed by atoms with van der Waals surface area (Å²) in [4.78, 5) is 13.0. The first-order chi connectivity index (χ1) is 9.86. The summed E-state index contributed by atoms with van der Waals surface area (Å²) in [5.41, 5.74) is 12.6. The molecule has 1 aromatic carbocycles. The number of H-pyrrole nitrogens is 1. The van der Waals surface area contributed by atoms with E-state index in [1.54, 1.807) is 12.1 Å². The van der Waals surface area contributed by atoms with Crippen molar-refractivity contribution < 1.29 is 20.1 Å². The molecule has 21 heavy (non-hydrogen) atoms. The molecule has 0 bridgehead atoms. The summed E-state index contributed by atoms with van der Waals surface area (Å²) in [6.45, 7) is 1.96. The van der Waals surface area contributed by atoms with Crippen LogP contribution in [0.4, 0.5) is 0 Å². The number of fused-ring (bicyclic) bond motifs is 1. The number of nitrogens with two attached hydrogens (primary N) is 2. The maximum Gasteiger partial charge on any atom is 0.323 e. The van der Waals surface area contributed by atoms with Crippen LogP contribution in [0.25, 0.3) is 10.9 Å². The van der Waals surface area contributed by atoms with Gasteiger partial charge in [0, 0.05) is 17.1 Å². The van der Waals surface area contributed by atoms with Crippen LogP contribution >= 0.6 is 0 Å². The van der Waals surface area contributed by atoms with Gasteiger partial charge in [0.25, 0.3) is 0 Å². The highest BCUT2D eigenvalue weighted by molar-refractivity contribution is 5.84. The summed E-state index contributed by atoms with van der Waals surface area (Å²) in [6, 6.07) is 4.14. The van der Waals surface area contributed by atoms with E-state index in [9.17, 15) is 9.90 Å². The van der Waals surface area contributed by atoms with Crippen LogP contribution in [0.5, 0.6) is 5.75 Å². The lowest BCUT2D eigenvalue weighted by atomic mass is 10.1. The van der Waals surface area contributed by atoms with Crippen LogP contribution in [0.3, 0.4) is 0 Å². The fraction of sp³-hybridized carbons (Fsp3) is 0.357. The fourth-order valence-electron chi connectivity index (χ4n) is 1.74. The van der Waals surface area contributed by atoms with E-state index in [4.69, 9.17) is 21.7 Å². The van der Waals surface area contributed by atoms with Gasteiger partial charge in [0.2, 0.25) is 0 Å². The first-order valence-electron chi connectivity index (χ1n) is 6.52. The highest BCUT2D eigenvalue weighted by Crippen LogP contribution is 2.22. The van der Waals surface area contributed by atoms with E-state index in [-0.39, 0.29) is 0 Å². The van der Waals surface area contributed by atoms with E-state index in [0.29, 0.717) is 12.3 Å². The number of nitrogens with one attached hydrogen (secondary N) is 1. The molecule has 0 spiro atoms. The van der Waals surface area contributed by atoms with E-state index in [2.05, 4.69) is 4.98 Å². The molecule has 0 saturated heterocycles. The monoisotopic (exact) mass is 295 g/mol. The lowest BCUT2D eigenvalue weighted by Crippen LogP contribution is -2.39. The van der Waals surface area contributed by atoms with E-state index in [0.717, 1.165) is 22.9 Å². The molecule has 0 aliphatic heterocycles. The van der Waals surface area contributed by atoms with E-state index in [1.165, 1.54) is 6.92 Å². The molecular formula is C14H21N3O4. The number of aliphatic hydroxyl groups excluding tert-OH is 1. The fourth-order valence-corrected chi connectivity index (χ4v) is 1.74. The summed E-state index contributed by atoms with van der Waals surface area (Å²) in [7, 11) is 0. The Balaban J connectivity index is 0.000000240. The molecule has 116 valence electrons. The van der Waals surface area contributed by atoms with Gasteiger partial charge in [-0.15, -0.1) is 0 Å². The number of benzene rings is 1. The number of aromatic hydroxyl groups is 1. The van der Waals surface area contributed by atoms with E-state index < -0.39 is 18.1 Å². The Labute approximate surface area is 122 Å². The second-order valence-electron chi connectivity index (χ2n) is 4.69. The zero-order valence-corrected chi connectivity index (χ0v) is 11.8. The first-order valence-corrected chi connectivity index (χ1v) is 6.52. The molecule has 2 atom stereocenters. The molecule has 2 unspecified atom stereocenters. The largest absolute Gasteiger partial charge is 0.508 e. The number of aromatic nitrogens is 1. The second-order valence-corrected chi connectivity index (χ2v) is 4.69. The van der Waals surface area contributed by atoms with Crippen molar-refractivity contribution in [2.75, 3.05) is 6.54 Å². The SMILES string of the molecule is CC(O)C(N)C(=O)O.NCCc1c[nH]c2ccc(O)cc12. The molecule has 2 aromatic rings. The zero-order chi connectivity index (χ0) is 16.0. The molecule has 0 saturated carbocycles. The van der Waals surface area contributed by atoms with Crippen LogP contribution < -0.4 is 11.5 Å². The molecular weight excluding hydrogens is 274 g/mol. The average Bonchev–Trinajstić information content (AvgIpc) is 2.81. The molecule has 0 radical (unpaired) electrons. The van der Waals surface area contributed by atoms with Gasteiger partial charge in [-0.25, -0.2) is 0 Å². The molecule has 0 fully saturated rings. The normalized spacial score (nSPS) is 13.3. The number of rotatable bonds is 4. The molecule has 7 heteroatoms. The van der Waals surface area contributed by atoms with Crippen molar-refractivity contribution in [1.29, 1.82) is 0 Å². The third kappa shape index (κ3) is 4.75. The highest BCUT2D eigenvalue weighted by Gasteiger charge is 2.16. The number of phenolic OH excluding ortho intramolecular Hbond substituents is 1. The van der Waals surface area contributed by atoms with Gasteiger partial charge in [-0.05, 0) is 43.7 Å². The average molecular weight is 295 g/mol. The topological polar surface area (TPSA) is 146 Å². The van der Waals surface area contributed by atoms with Crippen molar-refractivity contribution in [3.05, 3.63) is 30.0 Å². The Kier molecular flexibility index (Phi) is 6.16. The van der Waals surface area contributed by atoms with Crippen LogP contribution in [0.2, 0.25) is 0 Å². The van der Waals surface area contributed by atoms with Crippen LogP contribution in [0.1, 0.15) is 12.5 Å². The van der Waals surface area contributed by atoms with Crippen LogP contribution in [-0.2, 0) is 11.2 Å². The lowest BCUT2D eigenvalue weighted by molar-refractivity contribution is -0.140. The number of aromatic amines is 1. The molecule has 0 aliphatic rings. The summed E-state index contributed by atoms with van der Waals surface area (Å²) in [5.74, 6) is -0.884. The zero-order valence-electron chi connectivity index (χ0n) is 11.8. The van der Waals surface area contributed by atoms with Crippen molar-refractivity contribution in [1.82, 2.24) is 4.98 Å². The van der Waals surface area contributed by atoms with Crippen molar-refractivity contribution in [3.63, 3.8) is 0 Å². The Bertz CT molecular complexity index is 595. The van der Waals surface area contributed by atoms with Crippen LogP contribution in [-0.4, -0.2) is 45.0 Å². The Morgan fingerprint density at radius 2 is 2.10 bits per heavy atom. The lowest BCUT2D eigenvalue weighted by Gasteiger charge is -2.06. The predicted octanol–water partition coefficient (Wildman–Crippen LogP) is 0.154. The van der Waals surface area contributed by atoms with Gasteiger partial charge in [0.15, 0.2) is 0 Å². The van der Waals surface area contributed by atoms with E-state index >= 15 is 0 Å². The predicted molar refractivity (Wildman–Crippen MR) is 80.0 cm³/mol. The molecule has 0 amide bonds. The third-order valence-electron chi connectivity index (χ3n) is 2.97. The van der Waals surface area contributed by atoms with Gasteiger partial charge in [-0.3, -0.25) is 4.79 Å². The molecule has 1 aromatic heterocycles. The van der Waals surface area contributed by atoms with Crippen molar-refractivity contribution in [2.45, 2.75) is 25.5 Å². The van der Waals surface area contributed by atoms with Crippen LogP contribution in [0, 0.1) is 0 Å². The molecule has 2 rings (SSSR count). The minimum Gasteiger partial charge on any atom is -0.508 e. The smallest absolute Gasteiger partial charge is 0.323 e. The number of aliphatic carboxylic acids is 1. The van der Waals surface area contributed by atoms with Crippen molar-refractivity contribution in [2.24, 2.45) is 11.5 Å². The van der Waals surface area contributed by atoms with Gasteiger partial charge >= 0.3 is 5.97 Å². The number of carboxylic acids is 1. The summed E-state index contributed by atoms with van der Waals surface area (Å²) < 4.78 is 0. The second kappa shape index (κ2) is 7.63.